The van der Waals surface area contributed by atoms with Crippen LogP contribution < -0.4 is 0 Å². The zero-order valence-corrected chi connectivity index (χ0v) is 12.1. The van der Waals surface area contributed by atoms with Gasteiger partial charge in [0.1, 0.15) is 11.3 Å². The molecule has 0 unspecified atom stereocenters. The van der Waals surface area contributed by atoms with Crippen LogP contribution in [0, 0.1) is 0 Å². The smallest absolute Gasteiger partial charge is 0.137 e. The number of nitrogens with zero attached hydrogens (tertiary/aromatic N) is 3. The molecule has 3 heterocycles. The summed E-state index contributed by atoms with van der Waals surface area (Å²) in [5, 5.41) is 0. The second-order valence-electron chi connectivity index (χ2n) is 5.21. The summed E-state index contributed by atoms with van der Waals surface area (Å²) >= 11 is 0. The topological polar surface area (TPSA) is 30.2 Å². The predicted octanol–water partition coefficient (Wildman–Crippen LogP) is 3.99. The first-order valence-corrected chi connectivity index (χ1v) is 7.33. The molecule has 106 valence electrons. The summed E-state index contributed by atoms with van der Waals surface area (Å²) in [5.41, 5.74) is 5.26. The van der Waals surface area contributed by atoms with Crippen molar-refractivity contribution in [1.82, 2.24) is 14.4 Å². The molecule has 3 aromatic heterocycles. The van der Waals surface area contributed by atoms with Crippen molar-refractivity contribution < 1.29 is 0 Å². The van der Waals surface area contributed by atoms with Gasteiger partial charge >= 0.3 is 0 Å². The van der Waals surface area contributed by atoms with Gasteiger partial charge in [0.15, 0.2) is 0 Å². The monoisotopic (exact) mass is 285 g/mol. The highest BCUT2D eigenvalue weighted by Gasteiger charge is 2.14. The molecular weight excluding hydrogens is 270 g/mol. The Morgan fingerprint density at radius 2 is 1.64 bits per heavy atom. The molecule has 0 saturated carbocycles. The number of hydrogen-bond donors (Lipinski definition) is 0. The molecule has 3 nitrogen and oxygen atoms in total. The van der Waals surface area contributed by atoms with Gasteiger partial charge in [-0.25, -0.2) is 4.98 Å². The first-order chi connectivity index (χ1) is 10.9. The van der Waals surface area contributed by atoms with E-state index in [1.54, 1.807) is 0 Å². The van der Waals surface area contributed by atoms with Crippen LogP contribution in [0.5, 0.6) is 0 Å². The first-order valence-electron chi connectivity index (χ1n) is 7.33. The number of aromatic nitrogens is 3. The number of hydrogen-bond acceptors (Lipinski definition) is 2. The fraction of sp³-hybridized carbons (Fsp3) is 0.0526. The highest BCUT2D eigenvalue weighted by atomic mass is 15.0. The molecule has 0 saturated heterocycles. The van der Waals surface area contributed by atoms with Gasteiger partial charge in [0.25, 0.3) is 0 Å². The first kappa shape index (κ1) is 12.8. The predicted molar refractivity (Wildman–Crippen MR) is 87.7 cm³/mol. The lowest BCUT2D eigenvalue weighted by atomic mass is 10.1. The third kappa shape index (κ3) is 2.27. The fourth-order valence-corrected chi connectivity index (χ4v) is 2.71. The van der Waals surface area contributed by atoms with Crippen molar-refractivity contribution in [2.45, 2.75) is 6.42 Å². The Kier molecular flexibility index (Phi) is 3.16. The van der Waals surface area contributed by atoms with Crippen molar-refractivity contribution >= 4 is 5.65 Å². The molecule has 0 radical (unpaired) electrons. The molecule has 0 amide bonds. The lowest BCUT2D eigenvalue weighted by Gasteiger charge is -2.05. The van der Waals surface area contributed by atoms with E-state index in [-0.39, 0.29) is 0 Å². The molecule has 0 spiro atoms. The van der Waals surface area contributed by atoms with Gasteiger partial charge in [-0.1, -0.05) is 42.5 Å². The molecule has 0 aliphatic carbocycles. The summed E-state index contributed by atoms with van der Waals surface area (Å²) in [7, 11) is 0. The number of fused-ring (bicyclic) bond motifs is 1. The Balaban J connectivity index is 1.91. The average molecular weight is 285 g/mol. The van der Waals surface area contributed by atoms with Crippen molar-refractivity contribution in [3.05, 3.63) is 90.4 Å². The number of rotatable bonds is 3. The van der Waals surface area contributed by atoms with Gasteiger partial charge in [0.05, 0.1) is 11.4 Å². The van der Waals surface area contributed by atoms with Crippen molar-refractivity contribution in [3.8, 4) is 11.4 Å². The maximum atomic E-state index is 4.78. The summed E-state index contributed by atoms with van der Waals surface area (Å²) in [5.74, 6) is 0. The molecule has 0 aliphatic rings. The molecular formula is C19H15N3. The van der Waals surface area contributed by atoms with E-state index in [1.165, 1.54) is 11.3 Å². The zero-order valence-electron chi connectivity index (χ0n) is 12.1. The van der Waals surface area contributed by atoms with Gasteiger partial charge < -0.3 is 4.40 Å². The number of imidazole rings is 1. The van der Waals surface area contributed by atoms with Crippen molar-refractivity contribution in [2.24, 2.45) is 0 Å². The molecule has 0 atom stereocenters. The van der Waals surface area contributed by atoms with E-state index in [9.17, 15) is 0 Å². The highest BCUT2D eigenvalue weighted by Crippen LogP contribution is 2.24. The second-order valence-corrected chi connectivity index (χ2v) is 5.21. The van der Waals surface area contributed by atoms with E-state index in [2.05, 4.69) is 39.8 Å². The summed E-state index contributed by atoms with van der Waals surface area (Å²) < 4.78 is 2.15. The van der Waals surface area contributed by atoms with Crippen LogP contribution in [0.1, 0.15) is 11.3 Å². The summed E-state index contributed by atoms with van der Waals surface area (Å²) in [6, 6.07) is 22.5. The van der Waals surface area contributed by atoms with Gasteiger partial charge in [-0.2, -0.15) is 0 Å². The Hall–Kier alpha value is -2.94. The van der Waals surface area contributed by atoms with Crippen molar-refractivity contribution in [2.75, 3.05) is 0 Å². The molecule has 4 aromatic rings. The Morgan fingerprint density at radius 3 is 2.45 bits per heavy atom. The molecule has 0 N–H and O–H groups in total. The molecule has 0 fully saturated rings. The Morgan fingerprint density at radius 1 is 0.818 bits per heavy atom. The third-order valence-corrected chi connectivity index (χ3v) is 3.75. The molecule has 1 aromatic carbocycles. The van der Waals surface area contributed by atoms with Gasteiger partial charge in [0.2, 0.25) is 0 Å². The van der Waals surface area contributed by atoms with Gasteiger partial charge in [-0.3, -0.25) is 4.98 Å². The van der Waals surface area contributed by atoms with Crippen molar-refractivity contribution in [1.29, 1.82) is 0 Å². The molecule has 0 bridgehead atoms. The summed E-state index contributed by atoms with van der Waals surface area (Å²) in [4.78, 5) is 9.25. The zero-order chi connectivity index (χ0) is 14.8. The average Bonchev–Trinajstić information content (AvgIpc) is 2.95. The largest absolute Gasteiger partial charge is 0.303 e. The van der Waals surface area contributed by atoms with Gasteiger partial charge in [-0.05, 0) is 29.8 Å². The van der Waals surface area contributed by atoms with Crippen LogP contribution in [-0.2, 0) is 6.42 Å². The van der Waals surface area contributed by atoms with Crippen LogP contribution in [0.25, 0.3) is 17.0 Å². The van der Waals surface area contributed by atoms with Crippen LogP contribution in [0.2, 0.25) is 0 Å². The lowest BCUT2D eigenvalue weighted by molar-refractivity contribution is 1.03. The molecule has 4 rings (SSSR count). The molecule has 3 heteroatoms. The Bertz CT molecular complexity index is 896. The highest BCUT2D eigenvalue weighted by molar-refractivity contribution is 5.63. The number of benzene rings is 1. The van der Waals surface area contributed by atoms with E-state index in [4.69, 9.17) is 4.98 Å². The maximum absolute atomic E-state index is 4.78. The van der Waals surface area contributed by atoms with Gasteiger partial charge in [-0.15, -0.1) is 0 Å². The lowest BCUT2D eigenvalue weighted by Crippen LogP contribution is -1.97. The molecule has 22 heavy (non-hydrogen) atoms. The van der Waals surface area contributed by atoms with E-state index in [0.717, 1.165) is 23.5 Å². The number of pyridine rings is 2. The normalized spacial score (nSPS) is 10.9. The minimum atomic E-state index is 0.831. The fourth-order valence-electron chi connectivity index (χ4n) is 2.71. The van der Waals surface area contributed by atoms with Gasteiger partial charge in [0, 0.05) is 18.8 Å². The summed E-state index contributed by atoms with van der Waals surface area (Å²) in [6.07, 6.45) is 4.70. The van der Waals surface area contributed by atoms with E-state index < -0.39 is 0 Å². The standard InChI is InChI=1S/C19H15N3/c1-2-8-15(9-3-1)14-17-19(16-10-4-6-12-20-16)21-18-11-5-7-13-22(17)18/h1-13H,14H2. The van der Waals surface area contributed by atoms with Crippen LogP contribution in [-0.4, -0.2) is 14.4 Å². The summed E-state index contributed by atoms with van der Waals surface area (Å²) in [6.45, 7) is 0. The minimum Gasteiger partial charge on any atom is -0.303 e. The second kappa shape index (κ2) is 5.45. The van der Waals surface area contributed by atoms with E-state index in [1.807, 2.05) is 48.7 Å². The SMILES string of the molecule is c1ccc(Cc2c(-c3ccccn3)nc3ccccn23)cc1. The van der Waals surface area contributed by atoms with Crippen LogP contribution in [0.15, 0.2) is 79.1 Å². The quantitative estimate of drug-likeness (QED) is 0.570. The van der Waals surface area contributed by atoms with E-state index >= 15 is 0 Å². The third-order valence-electron chi connectivity index (χ3n) is 3.75. The van der Waals surface area contributed by atoms with Crippen molar-refractivity contribution in [3.63, 3.8) is 0 Å². The van der Waals surface area contributed by atoms with Crippen LogP contribution in [0.3, 0.4) is 0 Å². The maximum Gasteiger partial charge on any atom is 0.137 e. The van der Waals surface area contributed by atoms with Crippen LogP contribution in [0.4, 0.5) is 0 Å². The minimum absolute atomic E-state index is 0.831. The van der Waals surface area contributed by atoms with E-state index in [0.29, 0.717) is 0 Å². The molecule has 0 aliphatic heterocycles. The van der Waals surface area contributed by atoms with Crippen LogP contribution >= 0.6 is 0 Å². The Labute approximate surface area is 128 Å².